The highest BCUT2D eigenvalue weighted by Gasteiger charge is 2.16. The van der Waals surface area contributed by atoms with Gasteiger partial charge in [-0.15, -0.1) is 12.4 Å². The van der Waals surface area contributed by atoms with E-state index in [2.05, 4.69) is 34.5 Å². The molecular formula is C19H23ClN2O2. The molecule has 0 atom stereocenters. The van der Waals surface area contributed by atoms with E-state index in [-0.39, 0.29) is 18.3 Å². The van der Waals surface area contributed by atoms with Crippen molar-refractivity contribution in [1.82, 2.24) is 4.90 Å². The van der Waals surface area contributed by atoms with Crippen molar-refractivity contribution < 1.29 is 9.53 Å². The Balaban J connectivity index is 0.00000208. The van der Waals surface area contributed by atoms with E-state index in [0.717, 1.165) is 37.5 Å². The fourth-order valence-electron chi connectivity index (χ4n) is 2.93. The van der Waals surface area contributed by atoms with E-state index in [1.54, 1.807) is 7.11 Å². The minimum Gasteiger partial charge on any atom is -0.497 e. The van der Waals surface area contributed by atoms with Crippen LogP contribution in [0.15, 0.2) is 48.5 Å². The van der Waals surface area contributed by atoms with Gasteiger partial charge < -0.3 is 10.1 Å². The second-order valence-corrected chi connectivity index (χ2v) is 5.82. The van der Waals surface area contributed by atoms with Crippen molar-refractivity contribution in [2.75, 3.05) is 25.5 Å². The number of anilines is 1. The van der Waals surface area contributed by atoms with Crippen LogP contribution >= 0.6 is 12.4 Å². The number of amides is 1. The van der Waals surface area contributed by atoms with Gasteiger partial charge in [-0.25, -0.2) is 0 Å². The first-order chi connectivity index (χ1) is 11.2. The van der Waals surface area contributed by atoms with Gasteiger partial charge in [0.15, 0.2) is 0 Å². The Kier molecular flexibility index (Phi) is 6.64. The lowest BCUT2D eigenvalue weighted by Gasteiger charge is -2.28. The Morgan fingerprint density at radius 1 is 1.17 bits per heavy atom. The van der Waals surface area contributed by atoms with Gasteiger partial charge in [-0.05, 0) is 29.7 Å². The van der Waals surface area contributed by atoms with Crippen LogP contribution in [0.3, 0.4) is 0 Å². The molecule has 1 amide bonds. The normalized spacial score (nSPS) is 13.5. The molecule has 1 heterocycles. The van der Waals surface area contributed by atoms with Gasteiger partial charge in [-0.3, -0.25) is 9.69 Å². The molecule has 0 bridgehead atoms. The first-order valence-electron chi connectivity index (χ1n) is 7.97. The summed E-state index contributed by atoms with van der Waals surface area (Å²) in [5, 5.41) is 2.93. The quantitative estimate of drug-likeness (QED) is 0.900. The predicted octanol–water partition coefficient (Wildman–Crippen LogP) is 3.50. The fraction of sp³-hybridized carbons (Fsp3) is 0.316. The summed E-state index contributed by atoms with van der Waals surface area (Å²) in [6.45, 7) is 2.73. The first kappa shape index (κ1) is 18.3. The molecule has 4 nitrogen and oxygen atoms in total. The third-order valence-corrected chi connectivity index (χ3v) is 4.22. The average molecular weight is 347 g/mol. The molecule has 0 fully saturated rings. The highest BCUT2D eigenvalue weighted by Crippen LogP contribution is 2.19. The molecule has 5 heteroatoms. The first-order valence-corrected chi connectivity index (χ1v) is 7.97. The third-order valence-electron chi connectivity index (χ3n) is 4.22. The van der Waals surface area contributed by atoms with Crippen molar-refractivity contribution in [3.8, 4) is 5.75 Å². The van der Waals surface area contributed by atoms with Crippen molar-refractivity contribution in [3.63, 3.8) is 0 Å². The summed E-state index contributed by atoms with van der Waals surface area (Å²) in [4.78, 5) is 14.5. The molecule has 2 aromatic rings. The lowest BCUT2D eigenvalue weighted by atomic mass is 10.00. The summed E-state index contributed by atoms with van der Waals surface area (Å²) < 4.78 is 5.17. The molecule has 128 valence electrons. The molecule has 1 aliphatic heterocycles. The van der Waals surface area contributed by atoms with Gasteiger partial charge in [0, 0.05) is 37.8 Å². The van der Waals surface area contributed by atoms with Gasteiger partial charge >= 0.3 is 0 Å². The summed E-state index contributed by atoms with van der Waals surface area (Å²) in [5.41, 5.74) is 3.59. The number of carbonyl (C=O) groups excluding carboxylic acids is 1. The Morgan fingerprint density at radius 3 is 2.75 bits per heavy atom. The maximum atomic E-state index is 12.1. The Bertz CT molecular complexity index is 691. The third kappa shape index (κ3) is 4.73. The standard InChI is InChI=1S/C19H22N2O2.ClH/c1-23-18-8-4-7-17(13-18)20-19(22)10-12-21-11-9-15-5-2-3-6-16(15)14-21;/h2-8,13H,9-12,14H2,1H3,(H,20,22);1H. The Labute approximate surface area is 149 Å². The van der Waals surface area contributed by atoms with E-state index >= 15 is 0 Å². The SMILES string of the molecule is COc1cccc(NC(=O)CCN2CCc3ccccc3C2)c1.Cl. The molecule has 0 spiro atoms. The maximum Gasteiger partial charge on any atom is 0.225 e. The van der Waals surface area contributed by atoms with Crippen LogP contribution in [0.25, 0.3) is 0 Å². The number of nitrogens with zero attached hydrogens (tertiary/aromatic N) is 1. The Hall–Kier alpha value is -2.04. The highest BCUT2D eigenvalue weighted by molar-refractivity contribution is 5.91. The van der Waals surface area contributed by atoms with Crippen LogP contribution in [0.4, 0.5) is 5.69 Å². The summed E-state index contributed by atoms with van der Waals surface area (Å²) in [7, 11) is 1.62. The summed E-state index contributed by atoms with van der Waals surface area (Å²) in [5.74, 6) is 0.785. The summed E-state index contributed by atoms with van der Waals surface area (Å²) in [6.07, 6.45) is 1.56. The van der Waals surface area contributed by atoms with Gasteiger partial charge in [-0.1, -0.05) is 30.3 Å². The lowest BCUT2D eigenvalue weighted by Crippen LogP contribution is -2.33. The molecule has 3 rings (SSSR count). The smallest absolute Gasteiger partial charge is 0.225 e. The predicted molar refractivity (Wildman–Crippen MR) is 98.9 cm³/mol. The molecule has 0 radical (unpaired) electrons. The van der Waals surface area contributed by atoms with Crippen molar-refractivity contribution in [2.24, 2.45) is 0 Å². The van der Waals surface area contributed by atoms with Crippen molar-refractivity contribution >= 4 is 24.0 Å². The van der Waals surface area contributed by atoms with E-state index in [0.29, 0.717) is 6.42 Å². The summed E-state index contributed by atoms with van der Waals surface area (Å²) >= 11 is 0. The van der Waals surface area contributed by atoms with Gasteiger partial charge in [-0.2, -0.15) is 0 Å². The van der Waals surface area contributed by atoms with Crippen molar-refractivity contribution in [1.29, 1.82) is 0 Å². The number of carbonyl (C=O) groups is 1. The van der Waals surface area contributed by atoms with Gasteiger partial charge in [0.05, 0.1) is 7.11 Å². The molecule has 1 N–H and O–H groups in total. The molecular weight excluding hydrogens is 324 g/mol. The van der Waals surface area contributed by atoms with E-state index in [1.165, 1.54) is 11.1 Å². The molecule has 0 aliphatic carbocycles. The molecule has 0 aromatic heterocycles. The van der Waals surface area contributed by atoms with E-state index in [1.807, 2.05) is 24.3 Å². The lowest BCUT2D eigenvalue weighted by molar-refractivity contribution is -0.116. The monoisotopic (exact) mass is 346 g/mol. The average Bonchev–Trinajstić information content (AvgIpc) is 2.60. The number of fused-ring (bicyclic) bond motifs is 1. The number of benzene rings is 2. The number of hydrogen-bond acceptors (Lipinski definition) is 3. The van der Waals surface area contributed by atoms with Crippen molar-refractivity contribution in [3.05, 3.63) is 59.7 Å². The zero-order chi connectivity index (χ0) is 16.1. The number of nitrogens with one attached hydrogen (secondary N) is 1. The minimum atomic E-state index is 0. The van der Waals surface area contributed by atoms with Crippen LogP contribution in [0.1, 0.15) is 17.5 Å². The zero-order valence-corrected chi connectivity index (χ0v) is 14.6. The number of hydrogen-bond donors (Lipinski definition) is 1. The number of methoxy groups -OCH3 is 1. The van der Waals surface area contributed by atoms with E-state index < -0.39 is 0 Å². The number of rotatable bonds is 5. The highest BCUT2D eigenvalue weighted by atomic mass is 35.5. The summed E-state index contributed by atoms with van der Waals surface area (Å²) in [6, 6.07) is 16.0. The molecule has 0 saturated heterocycles. The van der Waals surface area contributed by atoms with Gasteiger partial charge in [0.2, 0.25) is 5.91 Å². The fourth-order valence-corrected chi connectivity index (χ4v) is 2.93. The molecule has 0 unspecified atom stereocenters. The van der Waals surface area contributed by atoms with E-state index in [4.69, 9.17) is 4.74 Å². The second-order valence-electron chi connectivity index (χ2n) is 5.82. The number of ether oxygens (including phenoxy) is 1. The zero-order valence-electron chi connectivity index (χ0n) is 13.8. The second kappa shape index (κ2) is 8.71. The molecule has 24 heavy (non-hydrogen) atoms. The molecule has 1 aliphatic rings. The maximum absolute atomic E-state index is 12.1. The van der Waals surface area contributed by atoms with Crippen LogP contribution in [-0.4, -0.2) is 31.0 Å². The van der Waals surface area contributed by atoms with Gasteiger partial charge in [0.25, 0.3) is 0 Å². The molecule has 0 saturated carbocycles. The van der Waals surface area contributed by atoms with Crippen LogP contribution < -0.4 is 10.1 Å². The van der Waals surface area contributed by atoms with Crippen LogP contribution in [-0.2, 0) is 17.8 Å². The van der Waals surface area contributed by atoms with E-state index in [9.17, 15) is 4.79 Å². The van der Waals surface area contributed by atoms with Gasteiger partial charge in [0.1, 0.15) is 5.75 Å². The Morgan fingerprint density at radius 2 is 1.96 bits per heavy atom. The van der Waals surface area contributed by atoms with Crippen molar-refractivity contribution in [2.45, 2.75) is 19.4 Å². The topological polar surface area (TPSA) is 41.6 Å². The largest absolute Gasteiger partial charge is 0.497 e. The minimum absolute atomic E-state index is 0. The number of halogens is 1. The van der Waals surface area contributed by atoms with Crippen LogP contribution in [0, 0.1) is 0 Å². The van der Waals surface area contributed by atoms with Crippen LogP contribution in [0.5, 0.6) is 5.75 Å². The van der Waals surface area contributed by atoms with Crippen LogP contribution in [0.2, 0.25) is 0 Å². The molecule has 2 aromatic carbocycles.